The molecule has 21 heavy (non-hydrogen) atoms. The van der Waals surface area contributed by atoms with E-state index in [4.69, 9.17) is 4.74 Å². The standard InChI is InChI=1S/C15H18N4OS/c1-10(2)14-16-17-15-19(14)18-13(21-15)9-8-11-6-4-5-7-12(11)20-3/h4-7,10H,8-9H2,1-3H3. The number of aromatic nitrogens is 4. The van der Waals surface area contributed by atoms with Gasteiger partial charge >= 0.3 is 0 Å². The molecule has 3 rings (SSSR count). The van der Waals surface area contributed by atoms with Crippen LogP contribution in [0.15, 0.2) is 24.3 Å². The predicted octanol–water partition coefficient (Wildman–Crippen LogP) is 3.10. The van der Waals surface area contributed by atoms with Gasteiger partial charge in [0.15, 0.2) is 5.82 Å². The van der Waals surface area contributed by atoms with Crippen LogP contribution >= 0.6 is 11.3 Å². The molecule has 0 bridgehead atoms. The first-order valence-electron chi connectivity index (χ1n) is 7.02. The summed E-state index contributed by atoms with van der Waals surface area (Å²) in [6.07, 6.45) is 1.79. The Kier molecular flexibility index (Phi) is 3.88. The van der Waals surface area contributed by atoms with Crippen molar-refractivity contribution in [2.45, 2.75) is 32.6 Å². The normalized spacial score (nSPS) is 11.4. The smallest absolute Gasteiger partial charge is 0.234 e. The third-order valence-electron chi connectivity index (χ3n) is 3.37. The number of rotatable bonds is 5. The Hall–Kier alpha value is -1.95. The van der Waals surface area contributed by atoms with E-state index in [1.165, 1.54) is 5.56 Å². The van der Waals surface area contributed by atoms with Crippen LogP contribution in [0.4, 0.5) is 0 Å². The van der Waals surface area contributed by atoms with Crippen molar-refractivity contribution in [1.29, 1.82) is 0 Å². The van der Waals surface area contributed by atoms with Crippen LogP contribution in [0.5, 0.6) is 5.75 Å². The lowest BCUT2D eigenvalue weighted by molar-refractivity contribution is 0.409. The molecule has 0 fully saturated rings. The number of benzene rings is 1. The molecule has 0 aliphatic carbocycles. The topological polar surface area (TPSA) is 52.3 Å². The third kappa shape index (κ3) is 2.76. The molecule has 0 unspecified atom stereocenters. The highest BCUT2D eigenvalue weighted by molar-refractivity contribution is 7.16. The average molecular weight is 302 g/mol. The Morgan fingerprint density at radius 3 is 2.76 bits per heavy atom. The average Bonchev–Trinajstić information content (AvgIpc) is 3.04. The fourth-order valence-electron chi connectivity index (χ4n) is 2.28. The number of para-hydroxylation sites is 1. The van der Waals surface area contributed by atoms with Gasteiger partial charge in [-0.15, -0.1) is 10.2 Å². The van der Waals surface area contributed by atoms with Crippen molar-refractivity contribution in [1.82, 2.24) is 19.8 Å². The van der Waals surface area contributed by atoms with Gasteiger partial charge in [-0.25, -0.2) is 0 Å². The fourth-order valence-corrected chi connectivity index (χ4v) is 3.12. The highest BCUT2D eigenvalue weighted by Crippen LogP contribution is 2.22. The summed E-state index contributed by atoms with van der Waals surface area (Å²) in [5.41, 5.74) is 1.20. The number of hydrogen-bond donors (Lipinski definition) is 0. The van der Waals surface area contributed by atoms with E-state index < -0.39 is 0 Å². The van der Waals surface area contributed by atoms with Crippen LogP contribution in [0.2, 0.25) is 0 Å². The van der Waals surface area contributed by atoms with Gasteiger partial charge in [-0.1, -0.05) is 43.4 Å². The van der Waals surface area contributed by atoms with Crippen LogP contribution in [0.3, 0.4) is 0 Å². The third-order valence-corrected chi connectivity index (χ3v) is 4.33. The van der Waals surface area contributed by atoms with E-state index >= 15 is 0 Å². The van der Waals surface area contributed by atoms with E-state index in [-0.39, 0.29) is 0 Å². The minimum absolute atomic E-state index is 0.323. The van der Waals surface area contributed by atoms with Crippen LogP contribution in [0.25, 0.3) is 4.96 Å². The van der Waals surface area contributed by atoms with Crippen LogP contribution in [0, 0.1) is 0 Å². The second-order valence-corrected chi connectivity index (χ2v) is 6.26. The minimum atomic E-state index is 0.323. The molecule has 2 aromatic heterocycles. The first-order chi connectivity index (χ1) is 10.2. The summed E-state index contributed by atoms with van der Waals surface area (Å²) in [7, 11) is 1.71. The lowest BCUT2D eigenvalue weighted by Crippen LogP contribution is -2.00. The molecule has 0 aliphatic rings. The SMILES string of the molecule is COc1ccccc1CCc1nn2c(C(C)C)nnc2s1. The molecule has 0 saturated carbocycles. The van der Waals surface area contributed by atoms with Crippen LogP contribution < -0.4 is 4.74 Å². The molecule has 6 heteroatoms. The number of methoxy groups -OCH3 is 1. The van der Waals surface area contributed by atoms with Crippen molar-refractivity contribution in [3.63, 3.8) is 0 Å². The van der Waals surface area contributed by atoms with Crippen LogP contribution in [-0.4, -0.2) is 26.9 Å². The highest BCUT2D eigenvalue weighted by atomic mass is 32.1. The molecular weight excluding hydrogens is 284 g/mol. The molecule has 2 heterocycles. The lowest BCUT2D eigenvalue weighted by atomic mass is 10.1. The van der Waals surface area contributed by atoms with E-state index in [0.717, 1.165) is 34.4 Å². The van der Waals surface area contributed by atoms with E-state index in [1.807, 2.05) is 22.7 Å². The lowest BCUT2D eigenvalue weighted by Gasteiger charge is -2.06. The largest absolute Gasteiger partial charge is 0.496 e. The summed E-state index contributed by atoms with van der Waals surface area (Å²) in [6, 6.07) is 8.11. The molecule has 5 nitrogen and oxygen atoms in total. The van der Waals surface area contributed by atoms with Gasteiger partial charge in [0.25, 0.3) is 0 Å². The van der Waals surface area contributed by atoms with Crippen molar-refractivity contribution in [3.8, 4) is 5.75 Å². The second kappa shape index (κ2) is 5.81. The molecule has 3 aromatic rings. The minimum Gasteiger partial charge on any atom is -0.496 e. The molecule has 110 valence electrons. The molecule has 0 amide bonds. The van der Waals surface area contributed by atoms with Crippen molar-refractivity contribution in [2.24, 2.45) is 0 Å². The van der Waals surface area contributed by atoms with Gasteiger partial charge in [0, 0.05) is 12.3 Å². The number of aryl methyl sites for hydroxylation is 2. The zero-order chi connectivity index (χ0) is 14.8. The molecule has 0 spiro atoms. The van der Waals surface area contributed by atoms with Crippen molar-refractivity contribution >= 4 is 16.3 Å². The van der Waals surface area contributed by atoms with Crippen molar-refractivity contribution < 1.29 is 4.74 Å². The Bertz CT molecular complexity index is 747. The van der Waals surface area contributed by atoms with Gasteiger partial charge < -0.3 is 4.74 Å². The Morgan fingerprint density at radius 2 is 2.00 bits per heavy atom. The quantitative estimate of drug-likeness (QED) is 0.726. The van der Waals surface area contributed by atoms with Gasteiger partial charge in [-0.2, -0.15) is 9.61 Å². The highest BCUT2D eigenvalue weighted by Gasteiger charge is 2.14. The summed E-state index contributed by atoms with van der Waals surface area (Å²) in [5.74, 6) is 2.18. The van der Waals surface area contributed by atoms with E-state index in [1.54, 1.807) is 18.4 Å². The number of hydrogen-bond acceptors (Lipinski definition) is 5. The van der Waals surface area contributed by atoms with Crippen molar-refractivity contribution in [2.75, 3.05) is 7.11 Å². The zero-order valence-corrected chi connectivity index (χ0v) is 13.2. The number of nitrogens with zero attached hydrogens (tertiary/aromatic N) is 4. The maximum Gasteiger partial charge on any atom is 0.234 e. The molecule has 0 atom stereocenters. The summed E-state index contributed by atoms with van der Waals surface area (Å²) >= 11 is 1.61. The van der Waals surface area contributed by atoms with Gasteiger partial charge in [-0.05, 0) is 18.1 Å². The summed E-state index contributed by atoms with van der Waals surface area (Å²) in [5, 5.41) is 14.1. The zero-order valence-electron chi connectivity index (χ0n) is 12.4. The summed E-state index contributed by atoms with van der Waals surface area (Å²) in [4.78, 5) is 0.869. The first-order valence-corrected chi connectivity index (χ1v) is 7.83. The monoisotopic (exact) mass is 302 g/mol. The van der Waals surface area contributed by atoms with E-state index in [9.17, 15) is 0 Å². The van der Waals surface area contributed by atoms with Gasteiger partial charge in [0.05, 0.1) is 7.11 Å². The Morgan fingerprint density at radius 1 is 1.19 bits per heavy atom. The van der Waals surface area contributed by atoms with Gasteiger partial charge in [0.2, 0.25) is 4.96 Å². The number of ether oxygens (including phenoxy) is 1. The maximum atomic E-state index is 5.38. The maximum absolute atomic E-state index is 5.38. The van der Waals surface area contributed by atoms with Crippen molar-refractivity contribution in [3.05, 3.63) is 40.7 Å². The van der Waals surface area contributed by atoms with Crippen LogP contribution in [-0.2, 0) is 12.8 Å². The Balaban J connectivity index is 1.79. The first kappa shape index (κ1) is 14.0. The van der Waals surface area contributed by atoms with E-state index in [2.05, 4.69) is 35.2 Å². The van der Waals surface area contributed by atoms with Crippen LogP contribution in [0.1, 0.15) is 36.2 Å². The predicted molar refractivity (Wildman–Crippen MR) is 83.2 cm³/mol. The molecule has 0 N–H and O–H groups in total. The van der Waals surface area contributed by atoms with Gasteiger partial charge in [0.1, 0.15) is 10.8 Å². The summed E-state index contributed by atoms with van der Waals surface area (Å²) in [6.45, 7) is 4.20. The fraction of sp³-hybridized carbons (Fsp3) is 0.400. The Labute approximate surface area is 127 Å². The summed E-state index contributed by atoms with van der Waals surface area (Å²) < 4.78 is 7.25. The molecule has 1 aromatic carbocycles. The molecular formula is C15H18N4OS. The van der Waals surface area contributed by atoms with E-state index in [0.29, 0.717) is 5.92 Å². The molecule has 0 saturated heterocycles. The second-order valence-electron chi connectivity index (χ2n) is 5.21. The van der Waals surface area contributed by atoms with Gasteiger partial charge in [-0.3, -0.25) is 0 Å². The molecule has 0 radical (unpaired) electrons. The molecule has 0 aliphatic heterocycles. The number of fused-ring (bicyclic) bond motifs is 1.